The second-order valence-electron chi connectivity index (χ2n) is 7.57. The molecule has 0 radical (unpaired) electrons. The predicted molar refractivity (Wildman–Crippen MR) is 120 cm³/mol. The Balaban J connectivity index is 1.43. The van der Waals surface area contributed by atoms with E-state index in [1.807, 2.05) is 29.2 Å². The third-order valence-corrected chi connectivity index (χ3v) is 7.60. The van der Waals surface area contributed by atoms with Crippen LogP contribution in [0.25, 0.3) is 21.1 Å². The number of ether oxygens (including phenoxy) is 2. The number of thiazole rings is 1. The molecule has 30 heavy (non-hydrogen) atoms. The maximum absolute atomic E-state index is 13.4. The number of carbonyl (C=O) groups is 1. The van der Waals surface area contributed by atoms with Gasteiger partial charge in [0, 0.05) is 17.0 Å². The van der Waals surface area contributed by atoms with E-state index in [4.69, 9.17) is 14.5 Å². The molecule has 5 rings (SSSR count). The number of nitrogens with zero attached hydrogens (tertiary/aromatic N) is 2. The first-order chi connectivity index (χ1) is 14.8. The van der Waals surface area contributed by atoms with Crippen LogP contribution in [0.2, 0.25) is 0 Å². The molecule has 7 heteroatoms. The molecule has 0 aliphatic carbocycles. The van der Waals surface area contributed by atoms with Crippen molar-refractivity contribution in [3.8, 4) is 21.1 Å². The predicted octanol–water partition coefficient (Wildman–Crippen LogP) is 4.84. The molecular weight excluding hydrogens is 416 g/mol. The minimum atomic E-state index is -0.285. The van der Waals surface area contributed by atoms with Crippen LogP contribution in [0.15, 0.2) is 47.8 Å². The molecule has 0 spiro atoms. The lowest BCUT2D eigenvalue weighted by atomic mass is 10.0. The Labute approximate surface area is 184 Å². The Morgan fingerprint density at radius 2 is 1.93 bits per heavy atom. The number of piperidine rings is 1. The van der Waals surface area contributed by atoms with Crippen molar-refractivity contribution in [1.29, 1.82) is 0 Å². The molecule has 2 saturated heterocycles. The first-order valence-electron chi connectivity index (χ1n) is 10.4. The summed E-state index contributed by atoms with van der Waals surface area (Å²) in [6.45, 7) is 1.99. The third kappa shape index (κ3) is 4.07. The first kappa shape index (κ1) is 19.9. The maximum Gasteiger partial charge on any atom is 0.228 e. The summed E-state index contributed by atoms with van der Waals surface area (Å²) in [7, 11) is 0. The van der Waals surface area contributed by atoms with E-state index in [0.29, 0.717) is 19.6 Å². The zero-order valence-electron chi connectivity index (χ0n) is 16.7. The van der Waals surface area contributed by atoms with E-state index in [1.165, 1.54) is 0 Å². The Hall–Kier alpha value is -2.06. The lowest BCUT2D eigenvalue weighted by Crippen LogP contribution is -2.50. The number of hydrogen-bond donors (Lipinski definition) is 0. The summed E-state index contributed by atoms with van der Waals surface area (Å²) in [5.41, 5.74) is 2.02. The molecule has 3 aromatic rings. The highest BCUT2D eigenvalue weighted by atomic mass is 32.1. The van der Waals surface area contributed by atoms with Crippen molar-refractivity contribution in [2.45, 2.75) is 38.0 Å². The molecule has 1 unspecified atom stereocenters. The quantitative estimate of drug-likeness (QED) is 0.570. The van der Waals surface area contributed by atoms with Crippen molar-refractivity contribution in [1.82, 2.24) is 9.88 Å². The van der Waals surface area contributed by atoms with Crippen LogP contribution in [0, 0.1) is 0 Å². The highest BCUT2D eigenvalue weighted by Gasteiger charge is 2.36. The zero-order chi connectivity index (χ0) is 20.3. The summed E-state index contributed by atoms with van der Waals surface area (Å²) in [5.74, 6) is 0.139. The summed E-state index contributed by atoms with van der Waals surface area (Å²) in [6.07, 6.45) is 3.15. The second kappa shape index (κ2) is 8.98. The lowest BCUT2D eigenvalue weighted by molar-refractivity contribution is -0.149. The molecule has 0 N–H and O–H groups in total. The number of benzene rings is 1. The van der Waals surface area contributed by atoms with Crippen LogP contribution in [0.5, 0.6) is 0 Å². The molecule has 1 amide bonds. The molecule has 0 bridgehead atoms. The van der Waals surface area contributed by atoms with Gasteiger partial charge in [-0.25, -0.2) is 4.98 Å². The normalized spacial score (nSPS) is 20.0. The van der Waals surface area contributed by atoms with Gasteiger partial charge in [-0.1, -0.05) is 36.4 Å². The standard InChI is InChI=1S/C23H24N2O3S2/c26-20(25-11-5-4-9-17(25)23-27-12-13-28-23)15-19-21(18-10-6-14-29-18)24-22(30-19)16-7-2-1-3-8-16/h1-3,6-8,10,14,17,23H,4-5,9,11-13,15H2. The van der Waals surface area contributed by atoms with Crippen molar-refractivity contribution < 1.29 is 14.3 Å². The van der Waals surface area contributed by atoms with Crippen LogP contribution in [-0.4, -0.2) is 47.9 Å². The number of hydrogen-bond acceptors (Lipinski definition) is 6. The molecule has 1 atom stereocenters. The smallest absolute Gasteiger partial charge is 0.228 e. The van der Waals surface area contributed by atoms with E-state index in [0.717, 1.165) is 51.8 Å². The Bertz CT molecular complexity index is 981. The van der Waals surface area contributed by atoms with Crippen molar-refractivity contribution in [3.05, 3.63) is 52.7 Å². The van der Waals surface area contributed by atoms with Gasteiger partial charge in [-0.15, -0.1) is 22.7 Å². The lowest BCUT2D eigenvalue weighted by Gasteiger charge is -2.38. The van der Waals surface area contributed by atoms with Gasteiger partial charge in [0.2, 0.25) is 5.91 Å². The number of carbonyl (C=O) groups excluding carboxylic acids is 1. The second-order valence-corrected chi connectivity index (χ2v) is 9.60. The van der Waals surface area contributed by atoms with Gasteiger partial charge in [0.05, 0.1) is 36.2 Å². The number of rotatable bonds is 5. The fraction of sp³-hybridized carbons (Fsp3) is 0.391. The van der Waals surface area contributed by atoms with Gasteiger partial charge in [0.1, 0.15) is 5.01 Å². The monoisotopic (exact) mass is 440 g/mol. The maximum atomic E-state index is 13.4. The van der Waals surface area contributed by atoms with E-state index in [9.17, 15) is 4.79 Å². The van der Waals surface area contributed by atoms with Crippen molar-refractivity contribution in [2.24, 2.45) is 0 Å². The van der Waals surface area contributed by atoms with E-state index >= 15 is 0 Å². The van der Waals surface area contributed by atoms with Gasteiger partial charge in [-0.3, -0.25) is 4.79 Å². The molecule has 1 aromatic carbocycles. The summed E-state index contributed by atoms with van der Waals surface area (Å²) in [6, 6.07) is 14.3. The van der Waals surface area contributed by atoms with Crippen LogP contribution in [0.3, 0.4) is 0 Å². The minimum Gasteiger partial charge on any atom is -0.348 e. The fourth-order valence-electron chi connectivity index (χ4n) is 4.17. The molecule has 2 aliphatic heterocycles. The molecule has 5 nitrogen and oxygen atoms in total. The van der Waals surface area contributed by atoms with E-state index in [-0.39, 0.29) is 18.2 Å². The topological polar surface area (TPSA) is 51.7 Å². The van der Waals surface area contributed by atoms with Crippen LogP contribution in [-0.2, 0) is 20.7 Å². The Morgan fingerprint density at radius 3 is 2.70 bits per heavy atom. The molecule has 2 aromatic heterocycles. The van der Waals surface area contributed by atoms with Gasteiger partial charge in [0.25, 0.3) is 0 Å². The number of amides is 1. The average molecular weight is 441 g/mol. The summed E-state index contributed by atoms with van der Waals surface area (Å²) >= 11 is 3.28. The van der Waals surface area contributed by atoms with Gasteiger partial charge in [0.15, 0.2) is 6.29 Å². The van der Waals surface area contributed by atoms with Gasteiger partial charge in [-0.2, -0.15) is 0 Å². The highest BCUT2D eigenvalue weighted by molar-refractivity contribution is 7.17. The molecule has 2 aliphatic rings. The van der Waals surface area contributed by atoms with Crippen molar-refractivity contribution in [2.75, 3.05) is 19.8 Å². The molecule has 4 heterocycles. The number of thiophene rings is 1. The van der Waals surface area contributed by atoms with Crippen LogP contribution in [0.4, 0.5) is 0 Å². The SMILES string of the molecule is O=C(Cc1sc(-c2ccccc2)nc1-c1cccs1)N1CCCCC1C1OCCO1. The van der Waals surface area contributed by atoms with Gasteiger partial charge in [-0.05, 0) is 30.7 Å². The Morgan fingerprint density at radius 1 is 1.10 bits per heavy atom. The summed E-state index contributed by atoms with van der Waals surface area (Å²) in [5, 5.41) is 3.01. The highest BCUT2D eigenvalue weighted by Crippen LogP contribution is 2.37. The molecule has 156 valence electrons. The van der Waals surface area contributed by atoms with E-state index in [1.54, 1.807) is 22.7 Å². The molecular formula is C23H24N2O3S2. The van der Waals surface area contributed by atoms with Gasteiger partial charge >= 0.3 is 0 Å². The largest absolute Gasteiger partial charge is 0.348 e. The average Bonchev–Trinajstić information content (AvgIpc) is 3.56. The van der Waals surface area contributed by atoms with Crippen LogP contribution < -0.4 is 0 Å². The van der Waals surface area contributed by atoms with Crippen molar-refractivity contribution in [3.63, 3.8) is 0 Å². The van der Waals surface area contributed by atoms with Gasteiger partial charge < -0.3 is 14.4 Å². The minimum absolute atomic E-state index is 0.0143. The van der Waals surface area contributed by atoms with E-state index in [2.05, 4.69) is 23.6 Å². The first-order valence-corrected chi connectivity index (χ1v) is 12.1. The van der Waals surface area contributed by atoms with Crippen LogP contribution in [0.1, 0.15) is 24.1 Å². The van der Waals surface area contributed by atoms with Crippen molar-refractivity contribution >= 4 is 28.6 Å². The molecule has 0 saturated carbocycles. The number of likely N-dealkylation sites (tertiary alicyclic amines) is 1. The fourth-order valence-corrected chi connectivity index (χ4v) is 6.05. The Kier molecular flexibility index (Phi) is 5.95. The summed E-state index contributed by atoms with van der Waals surface area (Å²) in [4.78, 5) is 22.4. The van der Waals surface area contributed by atoms with E-state index < -0.39 is 0 Å². The zero-order valence-corrected chi connectivity index (χ0v) is 18.3. The molecule has 2 fully saturated rings. The number of aromatic nitrogens is 1. The third-order valence-electron chi connectivity index (χ3n) is 5.62. The summed E-state index contributed by atoms with van der Waals surface area (Å²) < 4.78 is 11.5. The van der Waals surface area contributed by atoms with Crippen LogP contribution >= 0.6 is 22.7 Å².